The van der Waals surface area contributed by atoms with Crippen molar-refractivity contribution in [2.24, 2.45) is 0 Å². The molecule has 7 nitrogen and oxygen atoms in total. The van der Waals surface area contributed by atoms with Gasteiger partial charge in [0.05, 0.1) is 20.2 Å². The van der Waals surface area contributed by atoms with Crippen molar-refractivity contribution < 1.29 is 27.8 Å². The number of ether oxygens (including phenoxy) is 2. The second-order valence-electron chi connectivity index (χ2n) is 6.36. The summed E-state index contributed by atoms with van der Waals surface area (Å²) in [6, 6.07) is 4.68. The Morgan fingerprint density at radius 1 is 1.15 bits per heavy atom. The van der Waals surface area contributed by atoms with E-state index in [1.54, 1.807) is 24.1 Å². The Morgan fingerprint density at radius 2 is 1.81 bits per heavy atom. The van der Waals surface area contributed by atoms with Gasteiger partial charge in [-0.25, -0.2) is 0 Å². The van der Waals surface area contributed by atoms with Gasteiger partial charge in [-0.3, -0.25) is 14.5 Å². The van der Waals surface area contributed by atoms with Crippen LogP contribution in [0.3, 0.4) is 0 Å². The maximum absolute atomic E-state index is 12.3. The first-order valence-corrected chi connectivity index (χ1v) is 8.57. The zero-order valence-electron chi connectivity index (χ0n) is 16.1. The van der Waals surface area contributed by atoms with Crippen molar-refractivity contribution >= 4 is 11.8 Å². The van der Waals surface area contributed by atoms with E-state index in [0.717, 1.165) is 5.56 Å². The number of amides is 2. The number of carbonyl (C=O) groups is 2. The highest BCUT2D eigenvalue weighted by Gasteiger charge is 2.13. The van der Waals surface area contributed by atoms with Crippen molar-refractivity contribution in [3.8, 4) is 11.5 Å². The van der Waals surface area contributed by atoms with Crippen molar-refractivity contribution in [3.63, 3.8) is 0 Å². The third-order valence-electron chi connectivity index (χ3n) is 3.46. The van der Waals surface area contributed by atoms with Crippen molar-refractivity contribution in [1.29, 1.82) is 0 Å². The smallest absolute Gasteiger partial charge is 0.387 e. The van der Waals surface area contributed by atoms with Gasteiger partial charge >= 0.3 is 6.61 Å². The first-order chi connectivity index (χ1) is 12.7. The molecule has 1 aromatic rings. The number of benzene rings is 1. The lowest BCUT2D eigenvalue weighted by atomic mass is 10.1. The molecular formula is C18H27F2N3O4. The Kier molecular flexibility index (Phi) is 9.49. The molecule has 0 bridgehead atoms. The lowest BCUT2D eigenvalue weighted by Gasteiger charge is -2.17. The molecule has 9 heteroatoms. The van der Waals surface area contributed by atoms with E-state index in [0.29, 0.717) is 13.0 Å². The molecular weight excluding hydrogens is 360 g/mol. The fourth-order valence-corrected chi connectivity index (χ4v) is 2.38. The fourth-order valence-electron chi connectivity index (χ4n) is 2.38. The number of alkyl halides is 2. The highest BCUT2D eigenvalue weighted by atomic mass is 19.3. The number of hydrogen-bond acceptors (Lipinski definition) is 5. The van der Waals surface area contributed by atoms with Gasteiger partial charge in [-0.05, 0) is 45.0 Å². The number of hydrogen-bond donors (Lipinski definition) is 2. The minimum absolute atomic E-state index is 0.0402. The number of methoxy groups -OCH3 is 1. The minimum atomic E-state index is -2.93. The molecule has 1 aromatic carbocycles. The molecule has 2 amide bonds. The average Bonchev–Trinajstić information content (AvgIpc) is 2.54. The maximum atomic E-state index is 12.3. The molecule has 27 heavy (non-hydrogen) atoms. The number of nitrogens with zero attached hydrogens (tertiary/aromatic N) is 1. The summed E-state index contributed by atoms with van der Waals surface area (Å²) >= 11 is 0. The van der Waals surface area contributed by atoms with Gasteiger partial charge in [0.15, 0.2) is 11.5 Å². The average molecular weight is 387 g/mol. The molecule has 0 aliphatic heterocycles. The zero-order chi connectivity index (χ0) is 20.4. The summed E-state index contributed by atoms with van der Waals surface area (Å²) in [5, 5.41) is 5.51. The van der Waals surface area contributed by atoms with Crippen molar-refractivity contribution in [2.45, 2.75) is 32.9 Å². The summed E-state index contributed by atoms with van der Waals surface area (Å²) in [5.74, 6) is -0.186. The van der Waals surface area contributed by atoms with Crippen molar-refractivity contribution in [3.05, 3.63) is 23.8 Å². The van der Waals surface area contributed by atoms with Crippen LogP contribution in [0.15, 0.2) is 18.2 Å². The molecule has 0 aliphatic carbocycles. The largest absolute Gasteiger partial charge is 0.493 e. The maximum Gasteiger partial charge on any atom is 0.387 e. The summed E-state index contributed by atoms with van der Waals surface area (Å²) < 4.78 is 34.0. The summed E-state index contributed by atoms with van der Waals surface area (Å²) in [7, 11) is 3.05. The molecule has 2 N–H and O–H groups in total. The molecule has 0 radical (unpaired) electrons. The normalized spacial score (nSPS) is 11.0. The first kappa shape index (κ1) is 22.6. The van der Waals surface area contributed by atoms with E-state index in [-0.39, 0.29) is 42.4 Å². The third kappa shape index (κ3) is 9.18. The Bertz CT molecular complexity index is 627. The highest BCUT2D eigenvalue weighted by molar-refractivity contribution is 5.81. The number of likely N-dealkylation sites (N-methyl/N-ethyl adjacent to an activating group) is 1. The molecule has 0 fully saturated rings. The Balaban J connectivity index is 2.41. The van der Waals surface area contributed by atoms with E-state index in [9.17, 15) is 18.4 Å². The monoisotopic (exact) mass is 387 g/mol. The molecule has 0 unspecified atom stereocenters. The van der Waals surface area contributed by atoms with E-state index in [1.807, 2.05) is 13.8 Å². The second-order valence-corrected chi connectivity index (χ2v) is 6.36. The summed E-state index contributed by atoms with van der Waals surface area (Å²) in [5.41, 5.74) is 0.804. The predicted molar refractivity (Wildman–Crippen MR) is 97.1 cm³/mol. The standard InChI is InChI=1S/C18H27F2N3O4/c1-12(2)22-17(25)11-23(3)10-16(24)21-8-7-13-5-6-14(27-18(19)20)15(9-13)26-4/h5-6,9,12,18H,7-8,10-11H2,1-4H3,(H,21,24)(H,22,25). The lowest BCUT2D eigenvalue weighted by molar-refractivity contribution is -0.124. The number of nitrogens with one attached hydrogen (secondary N) is 2. The Morgan fingerprint density at radius 3 is 2.41 bits per heavy atom. The van der Waals surface area contributed by atoms with Crippen LogP contribution in [0.1, 0.15) is 19.4 Å². The predicted octanol–water partition coefficient (Wildman–Crippen LogP) is 1.41. The molecule has 0 aromatic heterocycles. The minimum Gasteiger partial charge on any atom is -0.493 e. The Hall–Kier alpha value is -2.42. The SMILES string of the molecule is COc1cc(CCNC(=O)CN(C)CC(=O)NC(C)C)ccc1OC(F)F. The number of halogens is 2. The second kappa shape index (κ2) is 11.3. The van der Waals surface area contributed by atoms with Crippen LogP contribution in [0.2, 0.25) is 0 Å². The van der Waals surface area contributed by atoms with E-state index in [2.05, 4.69) is 15.4 Å². The Labute approximate surface area is 158 Å². The van der Waals surface area contributed by atoms with E-state index in [4.69, 9.17) is 4.74 Å². The van der Waals surface area contributed by atoms with E-state index >= 15 is 0 Å². The van der Waals surface area contributed by atoms with E-state index < -0.39 is 6.61 Å². The summed E-state index contributed by atoms with van der Waals surface area (Å²) in [6.45, 7) is 1.40. The molecule has 0 saturated carbocycles. The van der Waals surface area contributed by atoms with Crippen LogP contribution in [-0.2, 0) is 16.0 Å². The van der Waals surface area contributed by atoms with Crippen LogP contribution in [-0.4, -0.2) is 63.2 Å². The van der Waals surface area contributed by atoms with Crippen LogP contribution < -0.4 is 20.1 Å². The molecule has 0 spiro atoms. The van der Waals surface area contributed by atoms with Gasteiger partial charge in [-0.1, -0.05) is 6.07 Å². The topological polar surface area (TPSA) is 79.9 Å². The summed E-state index contributed by atoms with van der Waals surface area (Å²) in [4.78, 5) is 25.2. The van der Waals surface area contributed by atoms with Gasteiger partial charge in [0.2, 0.25) is 11.8 Å². The van der Waals surface area contributed by atoms with Crippen LogP contribution in [0.5, 0.6) is 11.5 Å². The molecule has 152 valence electrons. The van der Waals surface area contributed by atoms with Crippen molar-refractivity contribution in [1.82, 2.24) is 15.5 Å². The first-order valence-electron chi connectivity index (χ1n) is 8.57. The fraction of sp³-hybridized carbons (Fsp3) is 0.556. The van der Waals surface area contributed by atoms with E-state index in [1.165, 1.54) is 13.2 Å². The molecule has 0 saturated heterocycles. The summed E-state index contributed by atoms with van der Waals surface area (Å²) in [6.07, 6.45) is 0.495. The van der Waals surface area contributed by atoms with Gasteiger partial charge < -0.3 is 20.1 Å². The third-order valence-corrected chi connectivity index (χ3v) is 3.46. The van der Waals surface area contributed by atoms with Gasteiger partial charge in [-0.2, -0.15) is 8.78 Å². The number of rotatable bonds is 11. The van der Waals surface area contributed by atoms with Crippen LogP contribution in [0.4, 0.5) is 8.78 Å². The van der Waals surface area contributed by atoms with Gasteiger partial charge in [-0.15, -0.1) is 0 Å². The van der Waals surface area contributed by atoms with Crippen LogP contribution in [0.25, 0.3) is 0 Å². The van der Waals surface area contributed by atoms with Crippen molar-refractivity contribution in [2.75, 3.05) is 33.8 Å². The van der Waals surface area contributed by atoms with Crippen LogP contribution in [0, 0.1) is 0 Å². The quantitative estimate of drug-likeness (QED) is 0.600. The van der Waals surface area contributed by atoms with Crippen LogP contribution >= 0.6 is 0 Å². The molecule has 0 atom stereocenters. The molecule has 0 heterocycles. The van der Waals surface area contributed by atoms with Gasteiger partial charge in [0, 0.05) is 12.6 Å². The lowest BCUT2D eigenvalue weighted by Crippen LogP contribution is -2.42. The number of carbonyl (C=O) groups excluding carboxylic acids is 2. The van der Waals surface area contributed by atoms with Gasteiger partial charge in [0.25, 0.3) is 0 Å². The van der Waals surface area contributed by atoms with Gasteiger partial charge in [0.1, 0.15) is 0 Å². The molecule has 0 aliphatic rings. The molecule has 1 rings (SSSR count). The zero-order valence-corrected chi connectivity index (χ0v) is 16.1. The highest BCUT2D eigenvalue weighted by Crippen LogP contribution is 2.29.